The summed E-state index contributed by atoms with van der Waals surface area (Å²) in [5.74, 6) is 0.948. The zero-order valence-electron chi connectivity index (χ0n) is 13.4. The first kappa shape index (κ1) is 16.7. The van der Waals surface area contributed by atoms with Gasteiger partial charge in [0.25, 0.3) is 0 Å². The molecule has 23 heavy (non-hydrogen) atoms. The summed E-state index contributed by atoms with van der Waals surface area (Å²) >= 11 is 0. The lowest BCUT2D eigenvalue weighted by atomic mass is 10.2. The zero-order valence-corrected chi connectivity index (χ0v) is 13.4. The van der Waals surface area contributed by atoms with Crippen molar-refractivity contribution in [2.45, 2.75) is 18.9 Å². The molecule has 2 rings (SSSR count). The van der Waals surface area contributed by atoms with E-state index in [4.69, 9.17) is 14.2 Å². The first-order valence-corrected chi connectivity index (χ1v) is 7.21. The third kappa shape index (κ3) is 4.67. The predicted molar refractivity (Wildman–Crippen MR) is 84.3 cm³/mol. The van der Waals surface area contributed by atoms with E-state index in [0.29, 0.717) is 22.9 Å². The minimum Gasteiger partial charge on any atom is -0.493 e. The molecule has 126 valence electrons. The van der Waals surface area contributed by atoms with Crippen LogP contribution in [0.15, 0.2) is 12.1 Å². The van der Waals surface area contributed by atoms with Gasteiger partial charge in [0.1, 0.15) is 0 Å². The molecule has 0 atom stereocenters. The molecule has 3 amide bonds. The van der Waals surface area contributed by atoms with Gasteiger partial charge in [0.2, 0.25) is 11.7 Å². The Balaban J connectivity index is 1.95. The van der Waals surface area contributed by atoms with E-state index in [1.807, 2.05) is 0 Å². The highest BCUT2D eigenvalue weighted by Crippen LogP contribution is 2.39. The van der Waals surface area contributed by atoms with Gasteiger partial charge in [0, 0.05) is 23.9 Å². The van der Waals surface area contributed by atoms with E-state index in [2.05, 4.69) is 16.0 Å². The molecule has 0 aliphatic heterocycles. The Hall–Kier alpha value is -2.64. The average molecular weight is 323 g/mol. The van der Waals surface area contributed by atoms with Crippen LogP contribution >= 0.6 is 0 Å². The smallest absolute Gasteiger partial charge is 0.315 e. The number of carbonyl (C=O) groups excluding carboxylic acids is 2. The minimum atomic E-state index is -0.356. The maximum Gasteiger partial charge on any atom is 0.315 e. The molecule has 0 aromatic heterocycles. The first-order valence-electron chi connectivity index (χ1n) is 7.21. The van der Waals surface area contributed by atoms with Crippen molar-refractivity contribution in [3.63, 3.8) is 0 Å². The summed E-state index contributed by atoms with van der Waals surface area (Å²) in [5, 5.41) is 7.91. The summed E-state index contributed by atoms with van der Waals surface area (Å²) in [6.07, 6.45) is 1.98. The standard InChI is InChI=1S/C15H21N3O5/c1-21-11-6-10(7-12(22-2)14(11)23-3)17-13(19)8-16-15(20)18-9-4-5-9/h6-7,9H,4-5,8H2,1-3H3,(H,17,19)(H2,16,18,20). The molecule has 0 spiro atoms. The lowest BCUT2D eigenvalue weighted by Crippen LogP contribution is -2.40. The molecule has 1 saturated carbocycles. The van der Waals surface area contributed by atoms with Gasteiger partial charge < -0.3 is 30.2 Å². The number of amides is 3. The van der Waals surface area contributed by atoms with Gasteiger partial charge in [-0.3, -0.25) is 4.79 Å². The van der Waals surface area contributed by atoms with Crippen molar-refractivity contribution < 1.29 is 23.8 Å². The lowest BCUT2D eigenvalue weighted by Gasteiger charge is -2.14. The van der Waals surface area contributed by atoms with E-state index in [1.54, 1.807) is 12.1 Å². The number of benzene rings is 1. The zero-order chi connectivity index (χ0) is 16.8. The quantitative estimate of drug-likeness (QED) is 0.698. The molecule has 3 N–H and O–H groups in total. The number of rotatable bonds is 7. The molecular weight excluding hydrogens is 302 g/mol. The molecule has 0 bridgehead atoms. The van der Waals surface area contributed by atoms with Gasteiger partial charge in [-0.2, -0.15) is 0 Å². The van der Waals surface area contributed by atoms with E-state index in [-0.39, 0.29) is 24.5 Å². The van der Waals surface area contributed by atoms with Crippen LogP contribution in [0.1, 0.15) is 12.8 Å². The molecule has 8 nitrogen and oxygen atoms in total. The topological polar surface area (TPSA) is 97.9 Å². The molecule has 0 radical (unpaired) electrons. The second kappa shape index (κ2) is 7.57. The average Bonchev–Trinajstić information content (AvgIpc) is 3.35. The van der Waals surface area contributed by atoms with Gasteiger partial charge in [0.15, 0.2) is 11.5 Å². The first-order chi connectivity index (χ1) is 11.1. The monoisotopic (exact) mass is 323 g/mol. The molecule has 1 aromatic carbocycles. The molecule has 1 aromatic rings. The second-order valence-corrected chi connectivity index (χ2v) is 5.06. The number of nitrogens with one attached hydrogen (secondary N) is 3. The van der Waals surface area contributed by atoms with E-state index in [0.717, 1.165) is 12.8 Å². The number of urea groups is 1. The van der Waals surface area contributed by atoms with Crippen molar-refractivity contribution in [2.75, 3.05) is 33.2 Å². The summed E-state index contributed by atoms with van der Waals surface area (Å²) in [6.45, 7) is -0.130. The Kier molecular flexibility index (Phi) is 5.51. The van der Waals surface area contributed by atoms with Crippen LogP contribution in [-0.4, -0.2) is 45.9 Å². The molecule has 0 heterocycles. The third-order valence-electron chi connectivity index (χ3n) is 3.27. The summed E-state index contributed by atoms with van der Waals surface area (Å²) in [6, 6.07) is 3.13. The van der Waals surface area contributed by atoms with E-state index >= 15 is 0 Å². The van der Waals surface area contributed by atoms with E-state index < -0.39 is 0 Å². The molecule has 1 aliphatic carbocycles. The number of hydrogen-bond donors (Lipinski definition) is 3. The normalized spacial score (nSPS) is 13.0. The van der Waals surface area contributed by atoms with Gasteiger partial charge in [-0.05, 0) is 12.8 Å². The fourth-order valence-electron chi connectivity index (χ4n) is 1.98. The summed E-state index contributed by atoms with van der Waals surface area (Å²) in [7, 11) is 4.49. The molecule has 1 fully saturated rings. The fraction of sp³-hybridized carbons (Fsp3) is 0.467. The predicted octanol–water partition coefficient (Wildman–Crippen LogP) is 1.11. The number of anilines is 1. The van der Waals surface area contributed by atoms with E-state index in [1.165, 1.54) is 21.3 Å². The molecule has 0 saturated heterocycles. The van der Waals surface area contributed by atoms with Crippen molar-refractivity contribution in [2.24, 2.45) is 0 Å². The lowest BCUT2D eigenvalue weighted by molar-refractivity contribution is -0.115. The molecular formula is C15H21N3O5. The van der Waals surface area contributed by atoms with Crippen molar-refractivity contribution in [3.05, 3.63) is 12.1 Å². The van der Waals surface area contributed by atoms with Crippen LogP contribution in [0.25, 0.3) is 0 Å². The maximum absolute atomic E-state index is 11.9. The van der Waals surface area contributed by atoms with Crippen molar-refractivity contribution in [3.8, 4) is 17.2 Å². The van der Waals surface area contributed by atoms with Gasteiger partial charge in [-0.25, -0.2) is 4.79 Å². The van der Waals surface area contributed by atoms with E-state index in [9.17, 15) is 9.59 Å². The Morgan fingerprint density at radius 1 is 1.09 bits per heavy atom. The van der Waals surface area contributed by atoms with Crippen LogP contribution in [0.5, 0.6) is 17.2 Å². The van der Waals surface area contributed by atoms with Crippen LogP contribution in [0.2, 0.25) is 0 Å². The second-order valence-electron chi connectivity index (χ2n) is 5.06. The van der Waals surface area contributed by atoms with Gasteiger partial charge >= 0.3 is 6.03 Å². The van der Waals surface area contributed by atoms with Crippen LogP contribution < -0.4 is 30.2 Å². The summed E-state index contributed by atoms with van der Waals surface area (Å²) in [4.78, 5) is 23.4. The van der Waals surface area contributed by atoms with Crippen LogP contribution in [-0.2, 0) is 4.79 Å². The highest BCUT2D eigenvalue weighted by Gasteiger charge is 2.23. The number of methoxy groups -OCH3 is 3. The highest BCUT2D eigenvalue weighted by molar-refractivity contribution is 5.95. The number of ether oxygens (including phenoxy) is 3. The Bertz CT molecular complexity index is 561. The van der Waals surface area contributed by atoms with Crippen molar-refractivity contribution in [1.29, 1.82) is 0 Å². The number of hydrogen-bond acceptors (Lipinski definition) is 5. The Morgan fingerprint density at radius 3 is 2.17 bits per heavy atom. The molecule has 0 unspecified atom stereocenters. The fourth-order valence-corrected chi connectivity index (χ4v) is 1.98. The van der Waals surface area contributed by atoms with Crippen LogP contribution in [0, 0.1) is 0 Å². The van der Waals surface area contributed by atoms with Gasteiger partial charge in [-0.1, -0.05) is 0 Å². The maximum atomic E-state index is 11.9. The van der Waals surface area contributed by atoms with Crippen molar-refractivity contribution in [1.82, 2.24) is 10.6 Å². The Labute approximate surface area is 134 Å². The minimum absolute atomic E-state index is 0.130. The molecule has 1 aliphatic rings. The van der Waals surface area contributed by atoms with Gasteiger partial charge in [0.05, 0.1) is 27.9 Å². The van der Waals surface area contributed by atoms with Gasteiger partial charge in [-0.15, -0.1) is 0 Å². The largest absolute Gasteiger partial charge is 0.493 e. The van der Waals surface area contributed by atoms with Crippen molar-refractivity contribution >= 4 is 17.6 Å². The third-order valence-corrected chi connectivity index (χ3v) is 3.27. The Morgan fingerprint density at radius 2 is 1.70 bits per heavy atom. The number of carbonyl (C=O) groups is 2. The SMILES string of the molecule is COc1cc(NC(=O)CNC(=O)NC2CC2)cc(OC)c1OC. The highest BCUT2D eigenvalue weighted by atomic mass is 16.5. The van der Waals surface area contributed by atoms with Crippen LogP contribution in [0.4, 0.5) is 10.5 Å². The summed E-state index contributed by atoms with van der Waals surface area (Å²) < 4.78 is 15.6. The molecule has 8 heteroatoms. The summed E-state index contributed by atoms with van der Waals surface area (Å²) in [5.41, 5.74) is 0.480. The van der Waals surface area contributed by atoms with Crippen LogP contribution in [0.3, 0.4) is 0 Å².